The number of rotatable bonds is 16. The van der Waals surface area contributed by atoms with Crippen LogP contribution in [0.5, 0.6) is 0 Å². The van der Waals surface area contributed by atoms with Gasteiger partial charge in [-0.15, -0.1) is 0 Å². The second-order valence-corrected chi connectivity index (χ2v) is 15.5. The molecule has 5 rings (SSSR count). The first-order chi connectivity index (χ1) is 23.3. The van der Waals surface area contributed by atoms with E-state index in [9.17, 15) is 16.8 Å². The molecule has 4 atom stereocenters. The van der Waals surface area contributed by atoms with Crippen molar-refractivity contribution in [2.45, 2.75) is 80.9 Å². The smallest absolute Gasteiger partial charge is 0.297 e. The van der Waals surface area contributed by atoms with Gasteiger partial charge in [0.05, 0.1) is 36.2 Å². The van der Waals surface area contributed by atoms with Crippen molar-refractivity contribution in [2.24, 2.45) is 0 Å². The number of ether oxygens (including phenoxy) is 4. The van der Waals surface area contributed by atoms with E-state index in [0.717, 1.165) is 22.3 Å². The van der Waals surface area contributed by atoms with Crippen molar-refractivity contribution in [3.8, 4) is 0 Å². The van der Waals surface area contributed by atoms with E-state index in [1.54, 1.807) is 38.1 Å². The van der Waals surface area contributed by atoms with E-state index in [2.05, 4.69) is 0 Å². The molecule has 0 unspecified atom stereocenters. The summed E-state index contributed by atoms with van der Waals surface area (Å²) in [6, 6.07) is 31.2. The first-order valence-corrected chi connectivity index (χ1v) is 18.7. The van der Waals surface area contributed by atoms with Gasteiger partial charge >= 0.3 is 0 Å². The lowest BCUT2D eigenvalue weighted by molar-refractivity contribution is -0.162. The molecule has 4 aromatic carbocycles. The van der Waals surface area contributed by atoms with Gasteiger partial charge in [-0.2, -0.15) is 16.8 Å². The molecule has 12 heteroatoms. The zero-order valence-electron chi connectivity index (χ0n) is 27.9. The summed E-state index contributed by atoms with van der Waals surface area (Å²) < 4.78 is 90.8. The van der Waals surface area contributed by atoms with Crippen LogP contribution in [0.4, 0.5) is 0 Å². The molecule has 262 valence electrons. The monoisotopic (exact) mass is 710 g/mol. The van der Waals surface area contributed by atoms with E-state index in [-0.39, 0.29) is 36.2 Å². The standard InChI is InChI=1S/C37H42O10S2/c1-27-15-19-31(20-16-27)48(38,39)46-33(25-42-23-29-11-7-5-8-12-29)35-36(45-37(3,4)44-35)34(26-43-24-30-13-9-6-10-14-30)47-49(40,41)32-21-17-28(2)18-22-32/h5-22,33-36H,23-26H2,1-4H3/t33-,34-,35-,36-/m1/s1. The maximum atomic E-state index is 13.6. The van der Waals surface area contributed by atoms with Gasteiger partial charge in [0.15, 0.2) is 5.79 Å². The van der Waals surface area contributed by atoms with E-state index < -0.39 is 50.4 Å². The molecule has 0 bridgehead atoms. The molecular formula is C37H42O10S2. The molecule has 0 aromatic heterocycles. The maximum absolute atomic E-state index is 13.6. The lowest BCUT2D eigenvalue weighted by Gasteiger charge is -2.30. The minimum absolute atomic E-state index is 0.0539. The summed E-state index contributed by atoms with van der Waals surface area (Å²) in [7, 11) is -8.67. The second-order valence-electron chi connectivity index (χ2n) is 12.4. The van der Waals surface area contributed by atoms with Crippen molar-refractivity contribution in [1.29, 1.82) is 0 Å². The molecule has 10 nitrogen and oxygen atoms in total. The third-order valence-corrected chi connectivity index (χ3v) is 10.5. The third kappa shape index (κ3) is 10.3. The Morgan fingerprint density at radius 1 is 0.571 bits per heavy atom. The van der Waals surface area contributed by atoms with Crippen LogP contribution < -0.4 is 0 Å². The zero-order valence-corrected chi connectivity index (χ0v) is 29.6. The molecular weight excluding hydrogens is 669 g/mol. The van der Waals surface area contributed by atoms with Gasteiger partial charge in [-0.1, -0.05) is 96.1 Å². The molecule has 0 aliphatic carbocycles. The van der Waals surface area contributed by atoms with Crippen LogP contribution in [0.15, 0.2) is 119 Å². The summed E-state index contributed by atoms with van der Waals surface area (Å²) in [5.41, 5.74) is 3.48. The maximum Gasteiger partial charge on any atom is 0.297 e. The molecule has 1 aliphatic rings. The van der Waals surface area contributed by atoms with Crippen LogP contribution in [-0.4, -0.2) is 60.3 Å². The van der Waals surface area contributed by atoms with Gasteiger partial charge in [-0.25, -0.2) is 0 Å². The lowest BCUT2D eigenvalue weighted by Crippen LogP contribution is -2.49. The highest BCUT2D eigenvalue weighted by molar-refractivity contribution is 7.87. The fourth-order valence-corrected chi connectivity index (χ4v) is 7.47. The minimum Gasteiger partial charge on any atom is -0.374 e. The van der Waals surface area contributed by atoms with Crippen molar-refractivity contribution in [1.82, 2.24) is 0 Å². The Kier molecular flexibility index (Phi) is 12.1. The Morgan fingerprint density at radius 3 is 1.27 bits per heavy atom. The van der Waals surface area contributed by atoms with Gasteiger partial charge in [-0.05, 0) is 63.1 Å². The van der Waals surface area contributed by atoms with Crippen LogP contribution in [0.3, 0.4) is 0 Å². The summed E-state index contributed by atoms with van der Waals surface area (Å²) in [5.74, 6) is -1.28. The largest absolute Gasteiger partial charge is 0.374 e. The molecule has 0 amide bonds. The van der Waals surface area contributed by atoms with Crippen LogP contribution in [0.1, 0.15) is 36.1 Å². The van der Waals surface area contributed by atoms with Gasteiger partial charge < -0.3 is 18.9 Å². The molecule has 4 aromatic rings. The fraction of sp³-hybridized carbons (Fsp3) is 0.351. The highest BCUT2D eigenvalue weighted by Crippen LogP contribution is 2.36. The molecule has 0 spiro atoms. The predicted molar refractivity (Wildman–Crippen MR) is 182 cm³/mol. The van der Waals surface area contributed by atoms with Crippen LogP contribution in [0, 0.1) is 13.8 Å². The molecule has 49 heavy (non-hydrogen) atoms. The number of hydrogen-bond acceptors (Lipinski definition) is 10. The van der Waals surface area contributed by atoms with E-state index in [1.165, 1.54) is 24.3 Å². The second kappa shape index (κ2) is 16.0. The first kappa shape index (κ1) is 36.8. The summed E-state index contributed by atoms with van der Waals surface area (Å²) in [6.45, 7) is 6.84. The van der Waals surface area contributed by atoms with Gasteiger partial charge in [0.2, 0.25) is 0 Å². The van der Waals surface area contributed by atoms with E-state index in [4.69, 9.17) is 27.3 Å². The summed E-state index contributed by atoms with van der Waals surface area (Å²) in [4.78, 5) is -0.108. The molecule has 0 saturated carbocycles. The van der Waals surface area contributed by atoms with Crippen molar-refractivity contribution >= 4 is 20.2 Å². The highest BCUT2D eigenvalue weighted by Gasteiger charge is 2.52. The molecule has 0 N–H and O–H groups in total. The minimum atomic E-state index is -4.34. The third-order valence-electron chi connectivity index (χ3n) is 7.80. The molecule has 1 fully saturated rings. The Bertz CT molecular complexity index is 1710. The fourth-order valence-electron chi connectivity index (χ4n) is 5.33. The van der Waals surface area contributed by atoms with Crippen molar-refractivity contribution in [2.75, 3.05) is 13.2 Å². The van der Waals surface area contributed by atoms with Crippen molar-refractivity contribution < 1.29 is 44.1 Å². The van der Waals surface area contributed by atoms with E-state index in [1.807, 2.05) is 74.5 Å². The molecule has 1 heterocycles. The Hall–Kier alpha value is -3.46. The van der Waals surface area contributed by atoms with Crippen molar-refractivity contribution in [3.05, 3.63) is 131 Å². The van der Waals surface area contributed by atoms with Gasteiger partial charge in [0.25, 0.3) is 20.2 Å². The summed E-state index contributed by atoms with van der Waals surface area (Å²) in [5, 5.41) is 0. The SMILES string of the molecule is Cc1ccc(S(=O)(=O)O[C@H](COCc2ccccc2)[C@H]2OC(C)(C)O[C@@H]2[C@@H](COCc2ccccc2)OS(=O)(=O)c2ccc(C)cc2)cc1. The molecule has 1 saturated heterocycles. The Balaban J connectivity index is 1.47. The highest BCUT2D eigenvalue weighted by atomic mass is 32.2. The van der Waals surface area contributed by atoms with E-state index >= 15 is 0 Å². The van der Waals surface area contributed by atoms with Crippen molar-refractivity contribution in [3.63, 3.8) is 0 Å². The average molecular weight is 711 g/mol. The number of hydrogen-bond donors (Lipinski definition) is 0. The summed E-state index contributed by atoms with van der Waals surface area (Å²) >= 11 is 0. The predicted octanol–water partition coefficient (Wildman–Crippen LogP) is 6.11. The topological polar surface area (TPSA) is 124 Å². The van der Waals surface area contributed by atoms with Crippen LogP contribution >= 0.6 is 0 Å². The van der Waals surface area contributed by atoms with Crippen LogP contribution in [0.25, 0.3) is 0 Å². The lowest BCUT2D eigenvalue weighted by atomic mass is 10.0. The zero-order chi connectivity index (χ0) is 35.1. The first-order valence-electron chi connectivity index (χ1n) is 15.9. The Morgan fingerprint density at radius 2 is 0.918 bits per heavy atom. The average Bonchev–Trinajstić information content (AvgIpc) is 3.40. The summed E-state index contributed by atoms with van der Waals surface area (Å²) in [6.07, 6.45) is -4.87. The van der Waals surface area contributed by atoms with Gasteiger partial charge in [0.1, 0.15) is 24.4 Å². The van der Waals surface area contributed by atoms with Crippen LogP contribution in [0.2, 0.25) is 0 Å². The quantitative estimate of drug-likeness (QED) is 0.126. The molecule has 1 aliphatic heterocycles. The van der Waals surface area contributed by atoms with Gasteiger partial charge in [0, 0.05) is 0 Å². The van der Waals surface area contributed by atoms with Gasteiger partial charge in [-0.3, -0.25) is 8.37 Å². The number of aryl methyl sites for hydroxylation is 2. The normalized spacial score (nSPS) is 19.0. The van der Waals surface area contributed by atoms with Crippen LogP contribution in [-0.2, 0) is 60.8 Å². The Labute approximate surface area is 289 Å². The van der Waals surface area contributed by atoms with E-state index in [0.29, 0.717) is 0 Å². The molecule has 0 radical (unpaired) electrons. The number of benzene rings is 4.